The summed E-state index contributed by atoms with van der Waals surface area (Å²) in [5.41, 5.74) is 4.16. The Bertz CT molecular complexity index is 702. The topological polar surface area (TPSA) is 56.2 Å². The minimum absolute atomic E-state index is 0.0775. The third-order valence-electron chi connectivity index (χ3n) is 4.42. The smallest absolute Gasteiger partial charge is 0.220 e. The number of aromatic nitrogens is 2. The van der Waals surface area contributed by atoms with Crippen LogP contribution in [-0.4, -0.2) is 28.4 Å². The Morgan fingerprint density at radius 2 is 2.21 bits per heavy atom. The van der Waals surface area contributed by atoms with Crippen LogP contribution in [0.25, 0.3) is 5.69 Å². The number of hydrogen-bond donors (Lipinski definition) is 1. The van der Waals surface area contributed by atoms with E-state index in [2.05, 4.69) is 16.5 Å². The van der Waals surface area contributed by atoms with Gasteiger partial charge in [-0.2, -0.15) is 5.10 Å². The van der Waals surface area contributed by atoms with Crippen LogP contribution in [0, 0.1) is 13.8 Å². The fraction of sp³-hybridized carbons (Fsp3) is 0.474. The van der Waals surface area contributed by atoms with Crippen LogP contribution in [0.15, 0.2) is 30.3 Å². The summed E-state index contributed by atoms with van der Waals surface area (Å²) in [4.78, 5) is 12.1. The second kappa shape index (κ2) is 7.62. The lowest BCUT2D eigenvalue weighted by Gasteiger charge is -2.13. The zero-order chi connectivity index (χ0) is 16.9. The van der Waals surface area contributed by atoms with Crippen molar-refractivity contribution in [1.82, 2.24) is 15.1 Å². The highest BCUT2D eigenvalue weighted by Crippen LogP contribution is 2.18. The third kappa shape index (κ3) is 4.03. The number of para-hydroxylation sites is 1. The van der Waals surface area contributed by atoms with Gasteiger partial charge in [0.1, 0.15) is 0 Å². The Morgan fingerprint density at radius 3 is 2.92 bits per heavy atom. The molecule has 0 saturated carbocycles. The summed E-state index contributed by atoms with van der Waals surface area (Å²) in [6.07, 6.45) is 3.78. The summed E-state index contributed by atoms with van der Waals surface area (Å²) in [6, 6.07) is 10.1. The molecule has 0 aliphatic carbocycles. The number of aryl methyl sites for hydroxylation is 2. The van der Waals surface area contributed by atoms with Crippen molar-refractivity contribution < 1.29 is 9.53 Å². The fourth-order valence-corrected chi connectivity index (χ4v) is 3.19. The first-order valence-electron chi connectivity index (χ1n) is 8.63. The zero-order valence-corrected chi connectivity index (χ0v) is 14.4. The second-order valence-corrected chi connectivity index (χ2v) is 6.42. The van der Waals surface area contributed by atoms with E-state index < -0.39 is 0 Å². The van der Waals surface area contributed by atoms with Gasteiger partial charge in [0, 0.05) is 25.3 Å². The van der Waals surface area contributed by atoms with Crippen LogP contribution in [0.1, 0.15) is 42.6 Å². The minimum atomic E-state index is 0.0775. The molecule has 2 aromatic rings. The first-order chi connectivity index (χ1) is 11.6. The average Bonchev–Trinajstić information content (AvgIpc) is 3.20. The quantitative estimate of drug-likeness (QED) is 0.887. The first-order valence-corrected chi connectivity index (χ1v) is 8.63. The van der Waals surface area contributed by atoms with Gasteiger partial charge in [0.05, 0.1) is 17.5 Å². The van der Waals surface area contributed by atoms with Crippen molar-refractivity contribution >= 4 is 5.91 Å². The molecule has 1 atom stereocenters. The van der Waals surface area contributed by atoms with Gasteiger partial charge in [-0.25, -0.2) is 4.68 Å². The molecule has 0 bridgehead atoms. The lowest BCUT2D eigenvalue weighted by Crippen LogP contribution is -2.24. The highest BCUT2D eigenvalue weighted by molar-refractivity contribution is 5.76. The van der Waals surface area contributed by atoms with Gasteiger partial charge in [0.15, 0.2) is 0 Å². The highest BCUT2D eigenvalue weighted by atomic mass is 16.5. The molecule has 1 amide bonds. The van der Waals surface area contributed by atoms with Crippen LogP contribution in [0.4, 0.5) is 0 Å². The Kier molecular flexibility index (Phi) is 5.30. The lowest BCUT2D eigenvalue weighted by molar-refractivity contribution is -0.121. The normalized spacial score (nSPS) is 17.2. The van der Waals surface area contributed by atoms with E-state index in [1.165, 1.54) is 0 Å². The molecule has 1 aliphatic rings. The molecule has 3 rings (SSSR count). The molecule has 1 saturated heterocycles. The van der Waals surface area contributed by atoms with E-state index in [0.29, 0.717) is 13.0 Å². The molecule has 5 heteroatoms. The molecular weight excluding hydrogens is 302 g/mol. The molecule has 1 aliphatic heterocycles. The van der Waals surface area contributed by atoms with Crippen molar-refractivity contribution in [2.45, 2.75) is 52.2 Å². The van der Waals surface area contributed by atoms with Crippen LogP contribution < -0.4 is 5.32 Å². The molecule has 5 nitrogen and oxygen atoms in total. The van der Waals surface area contributed by atoms with Crippen molar-refractivity contribution in [3.8, 4) is 5.69 Å². The SMILES string of the molecule is Cc1cc(C)n(-c2ccccc2CNC(=O)CC[C@H]2CCCO2)n1. The van der Waals surface area contributed by atoms with Crippen molar-refractivity contribution in [3.63, 3.8) is 0 Å². The summed E-state index contributed by atoms with van der Waals surface area (Å²) in [6.45, 7) is 5.37. The van der Waals surface area contributed by atoms with Gasteiger partial charge in [-0.1, -0.05) is 18.2 Å². The van der Waals surface area contributed by atoms with Crippen LogP contribution in [0.3, 0.4) is 0 Å². The van der Waals surface area contributed by atoms with Crippen molar-refractivity contribution in [2.75, 3.05) is 6.61 Å². The van der Waals surface area contributed by atoms with Crippen molar-refractivity contribution in [3.05, 3.63) is 47.3 Å². The van der Waals surface area contributed by atoms with E-state index >= 15 is 0 Å². The fourth-order valence-electron chi connectivity index (χ4n) is 3.19. The first kappa shape index (κ1) is 16.7. The molecule has 24 heavy (non-hydrogen) atoms. The molecule has 1 fully saturated rings. The van der Waals surface area contributed by atoms with Crippen molar-refractivity contribution in [2.24, 2.45) is 0 Å². The summed E-state index contributed by atoms with van der Waals surface area (Å²) >= 11 is 0. The highest BCUT2D eigenvalue weighted by Gasteiger charge is 2.17. The predicted octanol–water partition coefficient (Wildman–Crippen LogP) is 3.06. The molecule has 0 radical (unpaired) electrons. The van der Waals surface area contributed by atoms with E-state index in [0.717, 1.165) is 48.5 Å². The van der Waals surface area contributed by atoms with Gasteiger partial charge in [-0.05, 0) is 50.8 Å². The molecular formula is C19H25N3O2. The number of nitrogens with one attached hydrogen (secondary N) is 1. The summed E-state index contributed by atoms with van der Waals surface area (Å²) in [5, 5.41) is 7.57. The number of carbonyl (C=O) groups is 1. The van der Waals surface area contributed by atoms with E-state index in [4.69, 9.17) is 4.74 Å². The van der Waals surface area contributed by atoms with Gasteiger partial charge in [-0.3, -0.25) is 4.79 Å². The molecule has 1 aromatic carbocycles. The maximum Gasteiger partial charge on any atom is 0.220 e. The Morgan fingerprint density at radius 1 is 1.38 bits per heavy atom. The summed E-state index contributed by atoms with van der Waals surface area (Å²) < 4.78 is 7.50. The summed E-state index contributed by atoms with van der Waals surface area (Å²) in [7, 11) is 0. The minimum Gasteiger partial charge on any atom is -0.378 e. The molecule has 2 heterocycles. The monoisotopic (exact) mass is 327 g/mol. The number of ether oxygens (including phenoxy) is 1. The largest absolute Gasteiger partial charge is 0.378 e. The van der Waals surface area contributed by atoms with Gasteiger partial charge >= 0.3 is 0 Å². The van der Waals surface area contributed by atoms with Crippen LogP contribution in [0.5, 0.6) is 0 Å². The molecule has 1 aromatic heterocycles. The van der Waals surface area contributed by atoms with Crippen LogP contribution >= 0.6 is 0 Å². The zero-order valence-electron chi connectivity index (χ0n) is 14.4. The lowest BCUT2D eigenvalue weighted by atomic mass is 10.1. The number of carbonyl (C=O) groups excluding carboxylic acids is 1. The summed E-state index contributed by atoms with van der Waals surface area (Å²) in [5.74, 6) is 0.0775. The van der Waals surface area contributed by atoms with E-state index in [1.54, 1.807) is 0 Å². The van der Waals surface area contributed by atoms with E-state index in [9.17, 15) is 4.79 Å². The van der Waals surface area contributed by atoms with Gasteiger partial charge < -0.3 is 10.1 Å². The number of benzene rings is 1. The van der Waals surface area contributed by atoms with Crippen molar-refractivity contribution in [1.29, 1.82) is 0 Å². The third-order valence-corrected chi connectivity index (χ3v) is 4.42. The molecule has 1 N–H and O–H groups in total. The number of amides is 1. The second-order valence-electron chi connectivity index (χ2n) is 6.42. The maximum atomic E-state index is 12.1. The molecule has 128 valence electrons. The van der Waals surface area contributed by atoms with E-state index in [-0.39, 0.29) is 12.0 Å². The molecule has 0 unspecified atom stereocenters. The van der Waals surface area contributed by atoms with E-state index in [1.807, 2.05) is 42.8 Å². The Hall–Kier alpha value is -2.14. The number of rotatable bonds is 6. The number of nitrogens with zero attached hydrogens (tertiary/aromatic N) is 2. The van der Waals surface area contributed by atoms with Crippen LogP contribution in [-0.2, 0) is 16.1 Å². The predicted molar refractivity (Wildman–Crippen MR) is 93.1 cm³/mol. The Balaban J connectivity index is 1.61. The van der Waals surface area contributed by atoms with Gasteiger partial charge in [0.2, 0.25) is 5.91 Å². The Labute approximate surface area is 143 Å². The standard InChI is InChI=1S/C19H25N3O2/c1-14-12-15(2)22(21-14)18-8-4-3-6-16(18)13-20-19(23)10-9-17-7-5-11-24-17/h3-4,6,8,12,17H,5,7,9-11,13H2,1-2H3,(H,20,23)/t17-/m1/s1. The maximum absolute atomic E-state index is 12.1. The molecule has 0 spiro atoms. The van der Waals surface area contributed by atoms with Crippen LogP contribution in [0.2, 0.25) is 0 Å². The van der Waals surface area contributed by atoms with Gasteiger partial charge in [-0.15, -0.1) is 0 Å². The van der Waals surface area contributed by atoms with Gasteiger partial charge in [0.25, 0.3) is 0 Å². The number of hydrogen-bond acceptors (Lipinski definition) is 3. The average molecular weight is 327 g/mol.